The van der Waals surface area contributed by atoms with E-state index in [0.29, 0.717) is 6.04 Å². The Bertz CT molecular complexity index is 366. The number of hydrogen-bond acceptors (Lipinski definition) is 2. The Morgan fingerprint density at radius 3 is 2.67 bits per heavy atom. The predicted molar refractivity (Wildman–Crippen MR) is 78.7 cm³/mol. The second kappa shape index (κ2) is 7.65. The average Bonchev–Trinajstić information content (AvgIpc) is 2.29. The smallest absolute Gasteiger partial charge is 0.124 e. The van der Waals surface area contributed by atoms with Crippen LogP contribution >= 0.6 is 11.6 Å². The molecule has 0 fully saturated rings. The minimum atomic E-state index is 0.219. The molecule has 1 unspecified atom stereocenters. The first-order valence-electron chi connectivity index (χ1n) is 6.65. The number of rotatable bonds is 7. The Morgan fingerprint density at radius 2 is 2.00 bits per heavy atom. The standard InChI is InChI=1S/C15H24ClNO/c1-11(2)17-9-5-6-13(4)18-15-10-14(16)8-7-12(15)3/h7-8,10-11,13,17H,5-6,9H2,1-4H3. The fraction of sp³-hybridized carbons (Fsp3) is 0.600. The molecule has 0 radical (unpaired) electrons. The van der Waals surface area contributed by atoms with Crippen molar-refractivity contribution in [2.45, 2.75) is 52.7 Å². The molecule has 0 saturated carbocycles. The summed E-state index contributed by atoms with van der Waals surface area (Å²) in [4.78, 5) is 0. The highest BCUT2D eigenvalue weighted by Crippen LogP contribution is 2.24. The van der Waals surface area contributed by atoms with E-state index in [4.69, 9.17) is 16.3 Å². The molecule has 0 aromatic heterocycles. The molecule has 0 aliphatic carbocycles. The van der Waals surface area contributed by atoms with Crippen LogP contribution in [0.4, 0.5) is 0 Å². The minimum absolute atomic E-state index is 0.219. The summed E-state index contributed by atoms with van der Waals surface area (Å²) in [5, 5.41) is 4.13. The molecular weight excluding hydrogens is 246 g/mol. The van der Waals surface area contributed by atoms with Crippen LogP contribution in [0, 0.1) is 6.92 Å². The fourth-order valence-electron chi connectivity index (χ4n) is 1.76. The summed E-state index contributed by atoms with van der Waals surface area (Å²) >= 11 is 5.97. The highest BCUT2D eigenvalue weighted by Gasteiger charge is 2.07. The summed E-state index contributed by atoms with van der Waals surface area (Å²) in [6.45, 7) is 9.51. The van der Waals surface area contributed by atoms with Gasteiger partial charge in [0.25, 0.3) is 0 Å². The van der Waals surface area contributed by atoms with Crippen molar-refractivity contribution in [1.29, 1.82) is 0 Å². The molecule has 0 spiro atoms. The van der Waals surface area contributed by atoms with Crippen molar-refractivity contribution in [2.75, 3.05) is 6.54 Å². The molecule has 1 aromatic rings. The summed E-state index contributed by atoms with van der Waals surface area (Å²) in [5.74, 6) is 0.895. The lowest BCUT2D eigenvalue weighted by atomic mass is 10.2. The first-order chi connectivity index (χ1) is 8.49. The van der Waals surface area contributed by atoms with Crippen molar-refractivity contribution in [2.24, 2.45) is 0 Å². The van der Waals surface area contributed by atoms with Crippen molar-refractivity contribution in [1.82, 2.24) is 5.32 Å². The van der Waals surface area contributed by atoms with E-state index in [1.165, 1.54) is 0 Å². The van der Waals surface area contributed by atoms with Crippen LogP contribution in [-0.4, -0.2) is 18.7 Å². The Morgan fingerprint density at radius 1 is 1.28 bits per heavy atom. The Kier molecular flexibility index (Phi) is 6.51. The van der Waals surface area contributed by atoms with E-state index in [0.717, 1.165) is 35.7 Å². The van der Waals surface area contributed by atoms with Gasteiger partial charge in [-0.2, -0.15) is 0 Å². The van der Waals surface area contributed by atoms with Crippen molar-refractivity contribution < 1.29 is 4.74 Å². The lowest BCUT2D eigenvalue weighted by molar-refractivity contribution is 0.206. The van der Waals surface area contributed by atoms with Gasteiger partial charge < -0.3 is 10.1 Å². The molecule has 0 amide bonds. The largest absolute Gasteiger partial charge is 0.490 e. The van der Waals surface area contributed by atoms with E-state index < -0.39 is 0 Å². The molecule has 1 aromatic carbocycles. The molecule has 3 heteroatoms. The number of ether oxygens (including phenoxy) is 1. The van der Waals surface area contributed by atoms with Crippen molar-refractivity contribution in [3.05, 3.63) is 28.8 Å². The van der Waals surface area contributed by atoms with Gasteiger partial charge in [-0.15, -0.1) is 0 Å². The normalized spacial score (nSPS) is 12.8. The average molecular weight is 270 g/mol. The molecule has 2 nitrogen and oxygen atoms in total. The van der Waals surface area contributed by atoms with Crippen LogP contribution in [0.2, 0.25) is 5.02 Å². The van der Waals surface area contributed by atoms with Crippen molar-refractivity contribution >= 4 is 11.6 Å². The van der Waals surface area contributed by atoms with Crippen LogP contribution in [0.25, 0.3) is 0 Å². The van der Waals surface area contributed by atoms with E-state index in [9.17, 15) is 0 Å². The molecule has 0 bridgehead atoms. The topological polar surface area (TPSA) is 21.3 Å². The van der Waals surface area contributed by atoms with Gasteiger partial charge in [-0.3, -0.25) is 0 Å². The molecule has 0 heterocycles. The first-order valence-corrected chi connectivity index (χ1v) is 7.03. The van der Waals surface area contributed by atoms with Gasteiger partial charge in [0, 0.05) is 11.1 Å². The maximum Gasteiger partial charge on any atom is 0.124 e. The van der Waals surface area contributed by atoms with E-state index in [-0.39, 0.29) is 6.10 Å². The van der Waals surface area contributed by atoms with Crippen LogP contribution in [0.1, 0.15) is 39.2 Å². The van der Waals surface area contributed by atoms with Gasteiger partial charge in [-0.1, -0.05) is 31.5 Å². The number of benzene rings is 1. The van der Waals surface area contributed by atoms with Gasteiger partial charge in [-0.25, -0.2) is 0 Å². The van der Waals surface area contributed by atoms with Gasteiger partial charge in [0.15, 0.2) is 0 Å². The van der Waals surface area contributed by atoms with Crippen LogP contribution in [0.5, 0.6) is 5.75 Å². The maximum atomic E-state index is 5.97. The third kappa shape index (κ3) is 5.74. The summed E-state index contributed by atoms with van der Waals surface area (Å²) in [5.41, 5.74) is 1.13. The first kappa shape index (κ1) is 15.3. The van der Waals surface area contributed by atoms with Crippen molar-refractivity contribution in [3.63, 3.8) is 0 Å². The van der Waals surface area contributed by atoms with Crippen LogP contribution < -0.4 is 10.1 Å². The SMILES string of the molecule is Cc1ccc(Cl)cc1OC(C)CCCNC(C)C. The van der Waals surface area contributed by atoms with E-state index in [1.807, 2.05) is 25.1 Å². The second-order valence-corrected chi connectivity index (χ2v) is 5.53. The Hall–Kier alpha value is -0.730. The zero-order valence-corrected chi connectivity index (χ0v) is 12.6. The highest BCUT2D eigenvalue weighted by molar-refractivity contribution is 6.30. The maximum absolute atomic E-state index is 5.97. The Balaban J connectivity index is 2.35. The molecular formula is C15H24ClNO. The predicted octanol–water partition coefficient (Wildman–Crippen LogP) is 4.19. The van der Waals surface area contributed by atoms with Crippen molar-refractivity contribution in [3.8, 4) is 5.75 Å². The second-order valence-electron chi connectivity index (χ2n) is 5.09. The number of hydrogen-bond donors (Lipinski definition) is 1. The number of nitrogens with one attached hydrogen (secondary N) is 1. The molecule has 102 valence electrons. The number of aryl methyl sites for hydroxylation is 1. The molecule has 0 aliphatic rings. The zero-order valence-electron chi connectivity index (χ0n) is 11.8. The quantitative estimate of drug-likeness (QED) is 0.750. The van der Waals surface area contributed by atoms with Gasteiger partial charge >= 0.3 is 0 Å². The molecule has 0 aliphatic heterocycles. The van der Waals surface area contributed by atoms with Gasteiger partial charge in [0.1, 0.15) is 5.75 Å². The zero-order chi connectivity index (χ0) is 13.5. The van der Waals surface area contributed by atoms with E-state index in [1.54, 1.807) is 0 Å². The third-order valence-corrected chi connectivity index (χ3v) is 3.05. The van der Waals surface area contributed by atoms with Gasteiger partial charge in [0.05, 0.1) is 6.10 Å². The fourth-order valence-corrected chi connectivity index (χ4v) is 1.92. The summed E-state index contributed by atoms with van der Waals surface area (Å²) in [7, 11) is 0. The summed E-state index contributed by atoms with van der Waals surface area (Å²) < 4.78 is 5.92. The molecule has 0 saturated heterocycles. The van der Waals surface area contributed by atoms with E-state index >= 15 is 0 Å². The Labute approximate surface area is 116 Å². The third-order valence-electron chi connectivity index (χ3n) is 2.82. The van der Waals surface area contributed by atoms with Crippen LogP contribution in [0.15, 0.2) is 18.2 Å². The highest BCUT2D eigenvalue weighted by atomic mass is 35.5. The molecule has 1 atom stereocenters. The number of halogens is 1. The lowest BCUT2D eigenvalue weighted by Gasteiger charge is -2.17. The molecule has 1 N–H and O–H groups in total. The summed E-state index contributed by atoms with van der Waals surface area (Å²) in [6, 6.07) is 6.32. The molecule has 1 rings (SSSR count). The van der Waals surface area contributed by atoms with Gasteiger partial charge in [-0.05, 0) is 50.9 Å². The monoisotopic (exact) mass is 269 g/mol. The van der Waals surface area contributed by atoms with Crippen LogP contribution in [0.3, 0.4) is 0 Å². The van der Waals surface area contributed by atoms with E-state index in [2.05, 4.69) is 26.1 Å². The van der Waals surface area contributed by atoms with Gasteiger partial charge in [0.2, 0.25) is 0 Å². The van der Waals surface area contributed by atoms with Crippen LogP contribution in [-0.2, 0) is 0 Å². The minimum Gasteiger partial charge on any atom is -0.490 e. The molecule has 18 heavy (non-hydrogen) atoms. The lowest BCUT2D eigenvalue weighted by Crippen LogP contribution is -2.25. The summed E-state index contributed by atoms with van der Waals surface area (Å²) in [6.07, 6.45) is 2.39.